The van der Waals surface area contributed by atoms with Crippen LogP contribution >= 0.6 is 23.1 Å². The molecule has 0 aromatic carbocycles. The fraction of sp³-hybridized carbons (Fsp3) is 0.444. The van der Waals surface area contributed by atoms with E-state index >= 15 is 0 Å². The van der Waals surface area contributed by atoms with Gasteiger partial charge in [0.1, 0.15) is 0 Å². The van der Waals surface area contributed by atoms with Gasteiger partial charge in [-0.05, 0) is 11.4 Å². The molecule has 0 aliphatic heterocycles. The average Bonchev–Trinajstić information content (AvgIpc) is 2.66. The zero-order valence-electron chi connectivity index (χ0n) is 7.40. The number of ketones is 1. The Morgan fingerprint density at radius 2 is 2.54 bits per heavy atom. The summed E-state index contributed by atoms with van der Waals surface area (Å²) in [5.74, 6) is 0.614. The standard InChI is InChI=1S/C9H12O2S2/c1-7(5-10)13-6-8(11)9-3-2-4-12-9/h2-4,7,10H,5-6H2,1H3. The number of aliphatic hydroxyl groups excluding tert-OH is 1. The molecule has 1 aromatic heterocycles. The SMILES string of the molecule is CC(CO)SCC(=O)c1cccs1. The molecule has 1 heterocycles. The van der Waals surface area contributed by atoms with Gasteiger partial charge >= 0.3 is 0 Å². The second-order valence-corrected chi connectivity index (χ2v) is 5.08. The van der Waals surface area contributed by atoms with E-state index in [1.165, 1.54) is 23.1 Å². The van der Waals surface area contributed by atoms with E-state index in [1.807, 2.05) is 24.4 Å². The normalized spacial score (nSPS) is 12.8. The van der Waals surface area contributed by atoms with Crippen LogP contribution in [0.25, 0.3) is 0 Å². The minimum atomic E-state index is 0.127. The quantitative estimate of drug-likeness (QED) is 0.765. The van der Waals surface area contributed by atoms with E-state index in [0.717, 1.165) is 4.88 Å². The lowest BCUT2D eigenvalue weighted by atomic mass is 10.4. The summed E-state index contributed by atoms with van der Waals surface area (Å²) in [5, 5.41) is 10.8. The summed E-state index contributed by atoms with van der Waals surface area (Å²) in [6, 6.07) is 3.70. The van der Waals surface area contributed by atoms with E-state index < -0.39 is 0 Å². The van der Waals surface area contributed by atoms with Gasteiger partial charge in [-0.15, -0.1) is 23.1 Å². The molecule has 0 spiro atoms. The van der Waals surface area contributed by atoms with Gasteiger partial charge in [-0.3, -0.25) is 4.79 Å². The van der Waals surface area contributed by atoms with Gasteiger partial charge in [0.15, 0.2) is 5.78 Å². The van der Waals surface area contributed by atoms with Gasteiger partial charge in [-0.1, -0.05) is 13.0 Å². The lowest BCUT2D eigenvalue weighted by molar-refractivity contribution is 0.102. The minimum absolute atomic E-state index is 0.127. The monoisotopic (exact) mass is 216 g/mol. The van der Waals surface area contributed by atoms with E-state index in [4.69, 9.17) is 5.11 Å². The van der Waals surface area contributed by atoms with Crippen molar-refractivity contribution in [2.45, 2.75) is 12.2 Å². The molecule has 4 heteroatoms. The van der Waals surface area contributed by atoms with E-state index in [1.54, 1.807) is 0 Å². The first kappa shape index (κ1) is 10.8. The molecule has 13 heavy (non-hydrogen) atoms. The highest BCUT2D eigenvalue weighted by Crippen LogP contribution is 2.15. The fourth-order valence-electron chi connectivity index (χ4n) is 0.779. The molecule has 0 bridgehead atoms. The number of hydrogen-bond donors (Lipinski definition) is 1. The van der Waals surface area contributed by atoms with E-state index in [0.29, 0.717) is 5.75 Å². The summed E-state index contributed by atoms with van der Waals surface area (Å²) in [6.07, 6.45) is 0. The Balaban J connectivity index is 2.35. The summed E-state index contributed by atoms with van der Waals surface area (Å²) >= 11 is 2.95. The van der Waals surface area contributed by atoms with Crippen LogP contribution in [0.3, 0.4) is 0 Å². The van der Waals surface area contributed by atoms with Gasteiger partial charge in [0.25, 0.3) is 0 Å². The second kappa shape index (κ2) is 5.42. The summed E-state index contributed by atoms with van der Waals surface area (Å²) in [5.41, 5.74) is 0. The number of thiophene rings is 1. The lowest BCUT2D eigenvalue weighted by Gasteiger charge is -2.04. The average molecular weight is 216 g/mol. The second-order valence-electron chi connectivity index (χ2n) is 2.70. The number of aliphatic hydroxyl groups is 1. The number of thioether (sulfide) groups is 1. The van der Waals surface area contributed by atoms with E-state index in [-0.39, 0.29) is 17.6 Å². The molecular weight excluding hydrogens is 204 g/mol. The minimum Gasteiger partial charge on any atom is -0.395 e. The largest absolute Gasteiger partial charge is 0.395 e. The van der Waals surface area contributed by atoms with Crippen LogP contribution < -0.4 is 0 Å². The smallest absolute Gasteiger partial charge is 0.182 e. The lowest BCUT2D eigenvalue weighted by Crippen LogP contribution is -2.08. The molecule has 0 aliphatic rings. The maximum atomic E-state index is 11.4. The summed E-state index contributed by atoms with van der Waals surface area (Å²) in [7, 11) is 0. The van der Waals surface area contributed by atoms with Crippen molar-refractivity contribution in [3.63, 3.8) is 0 Å². The first-order valence-corrected chi connectivity index (χ1v) is 5.96. The molecule has 1 aromatic rings. The van der Waals surface area contributed by atoms with Crippen LogP contribution in [0.4, 0.5) is 0 Å². The third kappa shape index (κ3) is 3.50. The molecule has 1 atom stereocenters. The van der Waals surface area contributed by atoms with Gasteiger partial charge in [0.2, 0.25) is 0 Å². The summed E-state index contributed by atoms with van der Waals surface area (Å²) < 4.78 is 0. The van der Waals surface area contributed by atoms with Crippen LogP contribution in [0, 0.1) is 0 Å². The van der Waals surface area contributed by atoms with Crippen LogP contribution in [0.1, 0.15) is 16.6 Å². The summed E-state index contributed by atoms with van der Waals surface area (Å²) in [4.78, 5) is 12.2. The third-order valence-corrected chi connectivity index (χ3v) is 3.61. The molecule has 0 aliphatic carbocycles. The number of carbonyl (C=O) groups is 1. The van der Waals surface area contributed by atoms with Gasteiger partial charge < -0.3 is 5.11 Å². The highest BCUT2D eigenvalue weighted by molar-refractivity contribution is 8.00. The number of rotatable bonds is 5. The van der Waals surface area contributed by atoms with Gasteiger partial charge in [0.05, 0.1) is 17.2 Å². The molecule has 1 unspecified atom stereocenters. The van der Waals surface area contributed by atoms with Crippen LogP contribution in [0.15, 0.2) is 17.5 Å². The van der Waals surface area contributed by atoms with Crippen molar-refractivity contribution in [1.29, 1.82) is 0 Å². The summed E-state index contributed by atoms with van der Waals surface area (Å²) in [6.45, 7) is 2.04. The number of Topliss-reactive ketones (excluding diaryl/α,β-unsaturated/α-hetero) is 1. The van der Waals surface area contributed by atoms with Gasteiger partial charge in [-0.2, -0.15) is 0 Å². The van der Waals surface area contributed by atoms with Crippen LogP contribution in [0.2, 0.25) is 0 Å². The molecule has 0 radical (unpaired) electrons. The first-order valence-electron chi connectivity index (χ1n) is 4.03. The first-order chi connectivity index (χ1) is 6.24. The molecule has 1 N–H and O–H groups in total. The topological polar surface area (TPSA) is 37.3 Å². The molecule has 1 rings (SSSR count). The number of carbonyl (C=O) groups excluding carboxylic acids is 1. The van der Waals surface area contributed by atoms with Gasteiger partial charge in [-0.25, -0.2) is 0 Å². The van der Waals surface area contributed by atoms with Crippen molar-refractivity contribution < 1.29 is 9.90 Å². The van der Waals surface area contributed by atoms with E-state index in [9.17, 15) is 4.79 Å². The van der Waals surface area contributed by atoms with Crippen LogP contribution in [-0.4, -0.2) is 28.5 Å². The molecular formula is C9H12O2S2. The molecule has 0 amide bonds. The van der Waals surface area contributed by atoms with Crippen molar-refractivity contribution in [2.75, 3.05) is 12.4 Å². The van der Waals surface area contributed by atoms with Crippen molar-refractivity contribution in [2.24, 2.45) is 0 Å². The maximum Gasteiger partial charge on any atom is 0.182 e. The molecule has 0 saturated heterocycles. The Bertz CT molecular complexity index is 257. The zero-order chi connectivity index (χ0) is 9.68. The molecule has 0 saturated carbocycles. The molecule has 0 fully saturated rings. The number of hydrogen-bond acceptors (Lipinski definition) is 4. The van der Waals surface area contributed by atoms with Crippen molar-refractivity contribution in [3.8, 4) is 0 Å². The highest BCUT2D eigenvalue weighted by Gasteiger charge is 2.08. The fourth-order valence-corrected chi connectivity index (χ4v) is 2.23. The van der Waals surface area contributed by atoms with Crippen LogP contribution in [-0.2, 0) is 0 Å². The van der Waals surface area contributed by atoms with E-state index in [2.05, 4.69) is 0 Å². The highest BCUT2D eigenvalue weighted by atomic mass is 32.2. The predicted molar refractivity (Wildman–Crippen MR) is 57.7 cm³/mol. The third-order valence-electron chi connectivity index (χ3n) is 1.55. The Morgan fingerprint density at radius 3 is 3.08 bits per heavy atom. The molecule has 2 nitrogen and oxygen atoms in total. The zero-order valence-corrected chi connectivity index (χ0v) is 9.03. The van der Waals surface area contributed by atoms with Crippen LogP contribution in [0.5, 0.6) is 0 Å². The Labute approximate surface area is 86.0 Å². The molecule has 72 valence electrons. The van der Waals surface area contributed by atoms with Crippen molar-refractivity contribution in [3.05, 3.63) is 22.4 Å². The van der Waals surface area contributed by atoms with Crippen molar-refractivity contribution >= 4 is 28.9 Å². The predicted octanol–water partition coefficient (Wildman–Crippen LogP) is 2.04. The maximum absolute atomic E-state index is 11.4. The Hall–Kier alpha value is -0.320. The van der Waals surface area contributed by atoms with Gasteiger partial charge in [0, 0.05) is 5.25 Å². The van der Waals surface area contributed by atoms with Crippen molar-refractivity contribution in [1.82, 2.24) is 0 Å². The Morgan fingerprint density at radius 1 is 1.77 bits per heavy atom. The Kier molecular flexibility index (Phi) is 4.48.